The van der Waals surface area contributed by atoms with Gasteiger partial charge in [0.1, 0.15) is 5.92 Å². The Morgan fingerprint density at radius 2 is 1.81 bits per heavy atom. The van der Waals surface area contributed by atoms with Gasteiger partial charge in [-0.2, -0.15) is 0 Å². The van der Waals surface area contributed by atoms with E-state index in [9.17, 15) is 14.7 Å². The fourth-order valence-corrected chi connectivity index (χ4v) is 5.21. The summed E-state index contributed by atoms with van der Waals surface area (Å²) < 4.78 is 5.42. The Balaban J connectivity index is 1.70. The van der Waals surface area contributed by atoms with E-state index in [1.165, 1.54) is 0 Å². The molecule has 1 unspecified atom stereocenters. The summed E-state index contributed by atoms with van der Waals surface area (Å²) in [5.74, 6) is -1.46. The number of carboxylic acid groups (broad SMARTS) is 1. The molecular weight excluding hydrogens is 344 g/mol. The molecule has 4 rings (SSSR count). The number of carboxylic acids is 1. The van der Waals surface area contributed by atoms with Gasteiger partial charge in [-0.05, 0) is 24.5 Å². The van der Waals surface area contributed by atoms with Crippen molar-refractivity contribution in [3.8, 4) is 0 Å². The molecule has 0 bridgehead atoms. The average molecular weight is 372 g/mol. The summed E-state index contributed by atoms with van der Waals surface area (Å²) in [4.78, 5) is 30.0. The monoisotopic (exact) mass is 372 g/mol. The Labute approximate surface area is 160 Å². The van der Waals surface area contributed by atoms with E-state index in [0.717, 1.165) is 65.0 Å². The molecule has 1 saturated carbocycles. The van der Waals surface area contributed by atoms with Crippen molar-refractivity contribution in [3.05, 3.63) is 35.4 Å². The zero-order chi connectivity index (χ0) is 18.9. The van der Waals surface area contributed by atoms with Crippen LogP contribution < -0.4 is 0 Å². The van der Waals surface area contributed by atoms with Crippen molar-refractivity contribution in [1.29, 1.82) is 0 Å². The number of hydrogen-bond donors (Lipinski definition) is 1. The number of carbonyl (C=O) groups is 2. The molecule has 2 aliphatic heterocycles. The zero-order valence-corrected chi connectivity index (χ0v) is 15.7. The van der Waals surface area contributed by atoms with Crippen molar-refractivity contribution < 1.29 is 19.4 Å². The third-order valence-electron chi connectivity index (χ3n) is 6.53. The minimum absolute atomic E-state index is 0.00161. The molecule has 1 aliphatic carbocycles. The molecule has 1 aromatic carbocycles. The number of nitrogens with zero attached hydrogens (tertiary/aromatic N) is 2. The number of hydrogen-bond acceptors (Lipinski definition) is 4. The van der Waals surface area contributed by atoms with Gasteiger partial charge in [-0.15, -0.1) is 0 Å². The first-order valence-corrected chi connectivity index (χ1v) is 10.1. The van der Waals surface area contributed by atoms with Crippen LogP contribution in [0.3, 0.4) is 0 Å². The van der Waals surface area contributed by atoms with Crippen molar-refractivity contribution in [1.82, 2.24) is 9.80 Å². The lowest BCUT2D eigenvalue weighted by molar-refractivity contribution is -0.144. The first kappa shape index (κ1) is 18.4. The molecule has 146 valence electrons. The van der Waals surface area contributed by atoms with Crippen LogP contribution in [0.25, 0.3) is 0 Å². The minimum Gasteiger partial charge on any atom is -0.481 e. The number of ether oxygens (including phenoxy) is 1. The van der Waals surface area contributed by atoms with Crippen LogP contribution in [0.5, 0.6) is 0 Å². The van der Waals surface area contributed by atoms with Gasteiger partial charge < -0.3 is 14.7 Å². The topological polar surface area (TPSA) is 70.1 Å². The minimum atomic E-state index is -0.812. The van der Waals surface area contributed by atoms with Crippen molar-refractivity contribution in [2.45, 2.75) is 43.6 Å². The van der Waals surface area contributed by atoms with Gasteiger partial charge in [0.25, 0.3) is 5.91 Å². The summed E-state index contributed by atoms with van der Waals surface area (Å²) >= 11 is 0. The van der Waals surface area contributed by atoms with E-state index >= 15 is 0 Å². The van der Waals surface area contributed by atoms with Gasteiger partial charge >= 0.3 is 5.97 Å². The van der Waals surface area contributed by atoms with Crippen molar-refractivity contribution in [2.75, 3.05) is 39.4 Å². The highest BCUT2D eigenvalue weighted by Gasteiger charge is 2.54. The zero-order valence-electron chi connectivity index (χ0n) is 15.7. The van der Waals surface area contributed by atoms with E-state index in [0.29, 0.717) is 17.7 Å². The maximum atomic E-state index is 13.4. The molecule has 2 fully saturated rings. The first-order chi connectivity index (χ1) is 13.1. The fourth-order valence-electron chi connectivity index (χ4n) is 5.21. The van der Waals surface area contributed by atoms with Gasteiger partial charge in [0.2, 0.25) is 0 Å². The van der Waals surface area contributed by atoms with Crippen LogP contribution in [0.2, 0.25) is 0 Å². The molecule has 0 radical (unpaired) electrons. The predicted molar refractivity (Wildman–Crippen MR) is 101 cm³/mol. The molecule has 6 heteroatoms. The second-order valence-electron chi connectivity index (χ2n) is 7.93. The van der Waals surface area contributed by atoms with Gasteiger partial charge in [0.05, 0.1) is 18.8 Å². The van der Waals surface area contributed by atoms with Crippen LogP contribution in [0.15, 0.2) is 24.3 Å². The molecule has 27 heavy (non-hydrogen) atoms. The maximum Gasteiger partial charge on any atom is 0.313 e. The van der Waals surface area contributed by atoms with Crippen molar-refractivity contribution in [3.63, 3.8) is 0 Å². The second kappa shape index (κ2) is 7.60. The summed E-state index contributed by atoms with van der Waals surface area (Å²) in [5.41, 5.74) is 0.657. The Bertz CT molecular complexity index is 708. The highest BCUT2D eigenvalue weighted by atomic mass is 16.5. The molecule has 1 atom stereocenters. The summed E-state index contributed by atoms with van der Waals surface area (Å²) in [7, 11) is 0. The number of rotatable bonds is 4. The van der Waals surface area contributed by atoms with Gasteiger partial charge in [-0.25, -0.2) is 0 Å². The molecule has 1 spiro atoms. The number of morpholine rings is 1. The highest BCUT2D eigenvalue weighted by Crippen LogP contribution is 2.49. The lowest BCUT2D eigenvalue weighted by atomic mass is 9.65. The lowest BCUT2D eigenvalue weighted by Crippen LogP contribution is -2.62. The van der Waals surface area contributed by atoms with Crippen LogP contribution in [0, 0.1) is 0 Å². The molecule has 1 N–H and O–H groups in total. The summed E-state index contributed by atoms with van der Waals surface area (Å²) in [6.07, 6.45) is 4.61. The SMILES string of the molecule is O=C(O)C1c2ccccc2C(=O)N(CCN2CCOCC2)C12CCCCC2. The Morgan fingerprint density at radius 3 is 2.52 bits per heavy atom. The molecule has 6 nitrogen and oxygen atoms in total. The molecule has 1 saturated heterocycles. The first-order valence-electron chi connectivity index (χ1n) is 10.1. The van der Waals surface area contributed by atoms with E-state index in [-0.39, 0.29) is 5.91 Å². The number of amides is 1. The number of carbonyl (C=O) groups excluding carboxylic acids is 1. The van der Waals surface area contributed by atoms with E-state index in [4.69, 9.17) is 4.74 Å². The quantitative estimate of drug-likeness (QED) is 0.879. The van der Waals surface area contributed by atoms with E-state index < -0.39 is 17.4 Å². The lowest BCUT2D eigenvalue weighted by Gasteiger charge is -2.53. The number of benzene rings is 1. The molecule has 3 aliphatic rings. The normalized spacial score (nSPS) is 25.4. The maximum absolute atomic E-state index is 13.4. The predicted octanol–water partition coefficient (Wildman–Crippen LogP) is 2.35. The number of fused-ring (bicyclic) bond motifs is 1. The summed E-state index contributed by atoms with van der Waals surface area (Å²) in [5, 5.41) is 10.2. The van der Waals surface area contributed by atoms with Crippen LogP contribution in [-0.4, -0.2) is 71.7 Å². The van der Waals surface area contributed by atoms with E-state index in [1.807, 2.05) is 23.1 Å². The fraction of sp³-hybridized carbons (Fsp3) is 0.619. The van der Waals surface area contributed by atoms with Crippen LogP contribution in [0.1, 0.15) is 53.9 Å². The van der Waals surface area contributed by atoms with E-state index in [2.05, 4.69) is 4.90 Å². The third kappa shape index (κ3) is 3.25. The summed E-state index contributed by atoms with van der Waals surface area (Å²) in [6.45, 7) is 4.53. The standard InChI is InChI=1S/C21H28N2O4/c24-19-17-7-3-2-6-16(17)18(20(25)26)21(8-4-1-5-9-21)23(19)11-10-22-12-14-27-15-13-22/h2-3,6-7,18H,1,4-5,8-15H2,(H,25,26). The van der Waals surface area contributed by atoms with Gasteiger partial charge in [-0.3, -0.25) is 14.5 Å². The smallest absolute Gasteiger partial charge is 0.313 e. The van der Waals surface area contributed by atoms with E-state index in [1.54, 1.807) is 6.07 Å². The molecule has 0 aromatic heterocycles. The third-order valence-corrected chi connectivity index (χ3v) is 6.53. The van der Waals surface area contributed by atoms with Gasteiger partial charge in [0.15, 0.2) is 0 Å². The second-order valence-corrected chi connectivity index (χ2v) is 7.93. The summed E-state index contributed by atoms with van der Waals surface area (Å²) in [6, 6.07) is 7.29. The molecular formula is C21H28N2O4. The van der Waals surface area contributed by atoms with Crippen molar-refractivity contribution in [2.24, 2.45) is 0 Å². The Hall–Kier alpha value is -1.92. The van der Waals surface area contributed by atoms with Crippen LogP contribution in [0.4, 0.5) is 0 Å². The van der Waals surface area contributed by atoms with Crippen LogP contribution in [-0.2, 0) is 9.53 Å². The molecule has 1 aromatic rings. The van der Waals surface area contributed by atoms with Gasteiger partial charge in [-0.1, -0.05) is 37.5 Å². The van der Waals surface area contributed by atoms with Gasteiger partial charge in [0, 0.05) is 31.7 Å². The average Bonchev–Trinajstić information content (AvgIpc) is 2.69. The largest absolute Gasteiger partial charge is 0.481 e. The van der Waals surface area contributed by atoms with Crippen molar-refractivity contribution >= 4 is 11.9 Å². The van der Waals surface area contributed by atoms with Crippen LogP contribution >= 0.6 is 0 Å². The Kier molecular flexibility index (Phi) is 5.19. The Morgan fingerprint density at radius 1 is 1.11 bits per heavy atom. The molecule has 2 heterocycles. The highest BCUT2D eigenvalue weighted by molar-refractivity contribution is 6.01. The number of aliphatic carboxylic acids is 1. The molecule has 1 amide bonds.